The van der Waals surface area contributed by atoms with E-state index in [1.165, 1.54) is 0 Å². The Labute approximate surface area is 123 Å². The van der Waals surface area contributed by atoms with Gasteiger partial charge in [-0.3, -0.25) is 4.90 Å². The van der Waals surface area contributed by atoms with E-state index in [0.717, 1.165) is 49.0 Å². The SMILES string of the molecule is CC(O)C1CCCN(Cc2ncc(-c3cccs3)o2)C1. The number of aliphatic hydroxyl groups excluding tert-OH is 1. The molecule has 1 aliphatic rings. The molecule has 2 atom stereocenters. The van der Waals surface area contributed by atoms with Crippen LogP contribution in [0.3, 0.4) is 0 Å². The second kappa shape index (κ2) is 6.08. The summed E-state index contributed by atoms with van der Waals surface area (Å²) in [5, 5.41) is 11.8. The van der Waals surface area contributed by atoms with Crippen LogP contribution in [0.1, 0.15) is 25.7 Å². The number of oxazole rings is 1. The lowest BCUT2D eigenvalue weighted by atomic mass is 9.93. The summed E-state index contributed by atoms with van der Waals surface area (Å²) in [5.41, 5.74) is 0. The molecule has 1 N–H and O–H groups in total. The molecule has 0 aliphatic carbocycles. The molecule has 5 heteroatoms. The first-order chi connectivity index (χ1) is 9.72. The van der Waals surface area contributed by atoms with Gasteiger partial charge in [0.2, 0.25) is 5.89 Å². The van der Waals surface area contributed by atoms with Crippen molar-refractivity contribution in [2.45, 2.75) is 32.4 Å². The maximum Gasteiger partial charge on any atom is 0.209 e. The summed E-state index contributed by atoms with van der Waals surface area (Å²) >= 11 is 1.66. The van der Waals surface area contributed by atoms with E-state index in [-0.39, 0.29) is 6.10 Å². The first-order valence-electron chi connectivity index (χ1n) is 7.11. The number of aromatic nitrogens is 1. The van der Waals surface area contributed by atoms with Crippen LogP contribution in [0.25, 0.3) is 10.6 Å². The molecule has 3 heterocycles. The highest BCUT2D eigenvalue weighted by atomic mass is 32.1. The Morgan fingerprint density at radius 3 is 3.25 bits per heavy atom. The Morgan fingerprint density at radius 1 is 1.60 bits per heavy atom. The second-order valence-electron chi connectivity index (χ2n) is 5.47. The largest absolute Gasteiger partial charge is 0.438 e. The fraction of sp³-hybridized carbons (Fsp3) is 0.533. The second-order valence-corrected chi connectivity index (χ2v) is 6.42. The van der Waals surface area contributed by atoms with Crippen molar-refractivity contribution >= 4 is 11.3 Å². The molecule has 0 spiro atoms. The molecule has 1 saturated heterocycles. The topological polar surface area (TPSA) is 49.5 Å². The van der Waals surface area contributed by atoms with Crippen LogP contribution in [0.4, 0.5) is 0 Å². The van der Waals surface area contributed by atoms with Gasteiger partial charge in [-0.25, -0.2) is 4.98 Å². The number of nitrogens with zero attached hydrogens (tertiary/aromatic N) is 2. The number of rotatable bonds is 4. The smallest absolute Gasteiger partial charge is 0.209 e. The third kappa shape index (κ3) is 3.11. The number of thiophene rings is 1. The Bertz CT molecular complexity index is 536. The zero-order valence-electron chi connectivity index (χ0n) is 11.7. The molecule has 1 aliphatic heterocycles. The predicted octanol–water partition coefficient (Wildman–Crippen LogP) is 3.00. The summed E-state index contributed by atoms with van der Waals surface area (Å²) in [4.78, 5) is 7.81. The normalized spacial score (nSPS) is 22.0. The van der Waals surface area contributed by atoms with Gasteiger partial charge in [0.15, 0.2) is 5.76 Å². The van der Waals surface area contributed by atoms with Crippen LogP contribution in [-0.2, 0) is 6.54 Å². The van der Waals surface area contributed by atoms with Crippen molar-refractivity contribution in [1.29, 1.82) is 0 Å². The van der Waals surface area contributed by atoms with Crippen LogP contribution >= 0.6 is 11.3 Å². The van der Waals surface area contributed by atoms with Gasteiger partial charge >= 0.3 is 0 Å². The van der Waals surface area contributed by atoms with Crippen molar-refractivity contribution < 1.29 is 9.52 Å². The monoisotopic (exact) mass is 292 g/mol. The molecule has 4 nitrogen and oxygen atoms in total. The summed E-state index contributed by atoms with van der Waals surface area (Å²) in [6.45, 7) is 4.59. The van der Waals surface area contributed by atoms with E-state index >= 15 is 0 Å². The number of aliphatic hydroxyl groups is 1. The standard InChI is InChI=1S/C15H20N2O2S/c1-11(18)12-4-2-6-17(9-12)10-15-16-8-13(19-15)14-5-3-7-20-14/h3,5,7-8,11-12,18H,2,4,6,9-10H2,1H3. The van der Waals surface area contributed by atoms with Gasteiger partial charge in [0.1, 0.15) is 0 Å². The van der Waals surface area contributed by atoms with Gasteiger partial charge in [-0.15, -0.1) is 11.3 Å². The average molecular weight is 292 g/mol. The predicted molar refractivity (Wildman–Crippen MR) is 79.5 cm³/mol. The highest BCUT2D eigenvalue weighted by Crippen LogP contribution is 2.26. The van der Waals surface area contributed by atoms with Crippen LogP contribution in [0.2, 0.25) is 0 Å². The zero-order chi connectivity index (χ0) is 13.9. The van der Waals surface area contributed by atoms with E-state index in [2.05, 4.69) is 9.88 Å². The van der Waals surface area contributed by atoms with Crippen molar-refractivity contribution in [3.63, 3.8) is 0 Å². The van der Waals surface area contributed by atoms with E-state index in [0.29, 0.717) is 5.92 Å². The van der Waals surface area contributed by atoms with Gasteiger partial charge in [-0.2, -0.15) is 0 Å². The van der Waals surface area contributed by atoms with E-state index in [1.54, 1.807) is 17.5 Å². The maximum atomic E-state index is 9.73. The van der Waals surface area contributed by atoms with Crippen molar-refractivity contribution in [2.24, 2.45) is 5.92 Å². The molecule has 1 fully saturated rings. The minimum Gasteiger partial charge on any atom is -0.438 e. The fourth-order valence-electron chi connectivity index (χ4n) is 2.74. The molecular weight excluding hydrogens is 272 g/mol. The molecule has 2 aromatic rings. The molecule has 20 heavy (non-hydrogen) atoms. The number of hydrogen-bond donors (Lipinski definition) is 1. The molecule has 0 aromatic carbocycles. The summed E-state index contributed by atoms with van der Waals surface area (Å²) in [6.07, 6.45) is 3.81. The van der Waals surface area contributed by atoms with E-state index in [4.69, 9.17) is 4.42 Å². The lowest BCUT2D eigenvalue weighted by molar-refractivity contribution is 0.0566. The van der Waals surface area contributed by atoms with Gasteiger partial charge in [0.25, 0.3) is 0 Å². The number of piperidine rings is 1. The fourth-order valence-corrected chi connectivity index (χ4v) is 3.41. The van der Waals surface area contributed by atoms with E-state index < -0.39 is 0 Å². The van der Waals surface area contributed by atoms with Crippen molar-refractivity contribution in [2.75, 3.05) is 13.1 Å². The number of likely N-dealkylation sites (tertiary alicyclic amines) is 1. The van der Waals surface area contributed by atoms with Crippen LogP contribution in [-0.4, -0.2) is 34.2 Å². The lowest BCUT2D eigenvalue weighted by Crippen LogP contribution is -2.39. The van der Waals surface area contributed by atoms with Gasteiger partial charge < -0.3 is 9.52 Å². The summed E-state index contributed by atoms with van der Waals surface area (Å²) in [5.74, 6) is 1.98. The third-order valence-corrected chi connectivity index (χ3v) is 4.79. The van der Waals surface area contributed by atoms with E-state index in [9.17, 15) is 5.11 Å². The van der Waals surface area contributed by atoms with E-state index in [1.807, 2.05) is 24.4 Å². The molecule has 0 bridgehead atoms. The van der Waals surface area contributed by atoms with Crippen LogP contribution < -0.4 is 0 Å². The molecule has 2 unspecified atom stereocenters. The first kappa shape index (κ1) is 13.8. The highest BCUT2D eigenvalue weighted by molar-refractivity contribution is 7.13. The molecule has 0 saturated carbocycles. The Kier molecular flexibility index (Phi) is 4.19. The third-order valence-electron chi connectivity index (χ3n) is 3.90. The summed E-state index contributed by atoms with van der Waals surface area (Å²) < 4.78 is 5.82. The number of hydrogen-bond acceptors (Lipinski definition) is 5. The summed E-state index contributed by atoms with van der Waals surface area (Å²) in [7, 11) is 0. The molecule has 108 valence electrons. The maximum absolute atomic E-state index is 9.73. The quantitative estimate of drug-likeness (QED) is 0.941. The summed E-state index contributed by atoms with van der Waals surface area (Å²) in [6, 6.07) is 4.05. The molecule has 0 amide bonds. The van der Waals surface area contributed by atoms with Gasteiger partial charge in [0, 0.05) is 6.54 Å². The van der Waals surface area contributed by atoms with Gasteiger partial charge in [0.05, 0.1) is 23.7 Å². The zero-order valence-corrected chi connectivity index (χ0v) is 12.5. The average Bonchev–Trinajstić information content (AvgIpc) is 3.09. The van der Waals surface area contributed by atoms with Gasteiger partial charge in [-0.05, 0) is 43.7 Å². The minimum atomic E-state index is -0.232. The Hall–Kier alpha value is -1.17. The molecular formula is C15H20N2O2S. The molecule has 2 aromatic heterocycles. The Balaban J connectivity index is 1.63. The van der Waals surface area contributed by atoms with Crippen LogP contribution in [0.15, 0.2) is 28.1 Å². The Morgan fingerprint density at radius 2 is 2.50 bits per heavy atom. The molecule has 3 rings (SSSR count). The minimum absolute atomic E-state index is 0.232. The first-order valence-corrected chi connectivity index (χ1v) is 7.99. The van der Waals surface area contributed by atoms with Crippen molar-refractivity contribution in [3.05, 3.63) is 29.6 Å². The van der Waals surface area contributed by atoms with Crippen molar-refractivity contribution in [3.8, 4) is 10.6 Å². The van der Waals surface area contributed by atoms with Gasteiger partial charge in [-0.1, -0.05) is 6.07 Å². The molecule has 0 radical (unpaired) electrons. The highest BCUT2D eigenvalue weighted by Gasteiger charge is 2.24. The van der Waals surface area contributed by atoms with Crippen LogP contribution in [0.5, 0.6) is 0 Å². The van der Waals surface area contributed by atoms with Crippen molar-refractivity contribution in [1.82, 2.24) is 9.88 Å². The lowest BCUT2D eigenvalue weighted by Gasteiger charge is -2.33. The van der Waals surface area contributed by atoms with Crippen LogP contribution in [0, 0.1) is 5.92 Å².